The summed E-state index contributed by atoms with van der Waals surface area (Å²) in [6.45, 7) is 0. The predicted octanol–water partition coefficient (Wildman–Crippen LogP) is 3.74. The summed E-state index contributed by atoms with van der Waals surface area (Å²) in [5, 5.41) is 8.87. The number of benzene rings is 1. The summed E-state index contributed by atoms with van der Waals surface area (Å²) in [5.74, 6) is 0.492. The molecule has 0 unspecified atom stereocenters. The third-order valence-electron chi connectivity index (χ3n) is 2.89. The lowest BCUT2D eigenvalue weighted by molar-refractivity contribution is 0.397. The number of halogens is 1. The first-order chi connectivity index (χ1) is 9.22. The van der Waals surface area contributed by atoms with Gasteiger partial charge >= 0.3 is 0 Å². The van der Waals surface area contributed by atoms with Crippen LogP contribution in [0.5, 0.6) is 5.88 Å². The van der Waals surface area contributed by atoms with Crippen LogP contribution < -0.4 is 4.74 Å². The van der Waals surface area contributed by atoms with Crippen molar-refractivity contribution < 1.29 is 4.74 Å². The highest BCUT2D eigenvalue weighted by atomic mass is 35.5. The molecule has 0 spiro atoms. The van der Waals surface area contributed by atoms with Gasteiger partial charge < -0.3 is 10.1 Å². The van der Waals surface area contributed by atoms with E-state index in [1.54, 1.807) is 13.3 Å². The van der Waals surface area contributed by atoms with Crippen molar-refractivity contribution >= 4 is 17.3 Å². The topological polar surface area (TPSA) is 46.0 Å². The van der Waals surface area contributed by atoms with Gasteiger partial charge in [0.1, 0.15) is 0 Å². The van der Waals surface area contributed by atoms with Gasteiger partial charge in [-0.3, -0.25) is 0 Å². The molecule has 0 fully saturated rings. The lowest BCUT2D eigenvalue weighted by Crippen LogP contribution is -2.05. The van der Waals surface area contributed by atoms with Gasteiger partial charge in [0.15, 0.2) is 0 Å². The second-order valence-electron chi connectivity index (χ2n) is 4.13. The van der Waals surface area contributed by atoms with Crippen molar-refractivity contribution in [1.29, 1.82) is 5.41 Å². The van der Waals surface area contributed by atoms with Crippen molar-refractivity contribution in [3.05, 3.63) is 58.7 Å². The summed E-state index contributed by atoms with van der Waals surface area (Å²) in [6.07, 6.45) is 2.99. The highest BCUT2D eigenvalue weighted by Gasteiger charge is 2.10. The molecule has 0 aliphatic carbocycles. The molecule has 3 nitrogen and oxygen atoms in total. The van der Waals surface area contributed by atoms with E-state index < -0.39 is 0 Å². The van der Waals surface area contributed by atoms with Gasteiger partial charge in [-0.25, -0.2) is 4.98 Å². The molecule has 98 valence electrons. The minimum Gasteiger partial charge on any atom is -0.481 e. The van der Waals surface area contributed by atoms with Gasteiger partial charge in [0.25, 0.3) is 0 Å². The fraction of sp³-hybridized carbons (Fsp3) is 0.200. The number of ether oxygens (including phenoxy) is 1. The molecule has 0 amide bonds. The summed E-state index contributed by atoms with van der Waals surface area (Å²) >= 11 is 6.10. The number of aryl methyl sites for hydroxylation is 1. The monoisotopic (exact) mass is 274 g/mol. The first-order valence-electron chi connectivity index (χ1n) is 6.02. The minimum absolute atomic E-state index is 0.492. The van der Waals surface area contributed by atoms with Crippen LogP contribution >= 0.6 is 11.6 Å². The van der Waals surface area contributed by atoms with Gasteiger partial charge in [0.05, 0.1) is 12.7 Å². The molecule has 1 aromatic carbocycles. The Morgan fingerprint density at radius 3 is 2.79 bits per heavy atom. The number of methoxy groups -OCH3 is 1. The van der Waals surface area contributed by atoms with Crippen LogP contribution in [0.3, 0.4) is 0 Å². The van der Waals surface area contributed by atoms with Gasteiger partial charge in [-0.1, -0.05) is 29.8 Å². The van der Waals surface area contributed by atoms with E-state index in [4.69, 9.17) is 21.7 Å². The lowest BCUT2D eigenvalue weighted by atomic mass is 10.0. The van der Waals surface area contributed by atoms with Gasteiger partial charge in [-0.2, -0.15) is 0 Å². The van der Waals surface area contributed by atoms with Crippen LogP contribution in [0.15, 0.2) is 42.6 Å². The fourth-order valence-electron chi connectivity index (χ4n) is 1.88. The maximum absolute atomic E-state index is 8.13. The fourth-order valence-corrected chi connectivity index (χ4v) is 2.11. The number of pyridine rings is 1. The van der Waals surface area contributed by atoms with Crippen LogP contribution in [0.1, 0.15) is 17.5 Å². The number of nitrogens with one attached hydrogen (secondary N) is 1. The summed E-state index contributed by atoms with van der Waals surface area (Å²) in [5.41, 5.74) is 2.29. The van der Waals surface area contributed by atoms with E-state index in [1.165, 1.54) is 0 Å². The van der Waals surface area contributed by atoms with Crippen LogP contribution in [0.25, 0.3) is 0 Å². The molecule has 2 aromatic rings. The van der Waals surface area contributed by atoms with Crippen molar-refractivity contribution in [2.24, 2.45) is 0 Å². The first kappa shape index (κ1) is 13.6. The molecule has 0 atom stereocenters. The second-order valence-corrected chi connectivity index (χ2v) is 4.54. The molecular formula is C15H15ClN2O. The minimum atomic E-state index is 0.492. The van der Waals surface area contributed by atoms with E-state index in [2.05, 4.69) is 4.98 Å². The smallest absolute Gasteiger partial charge is 0.222 e. The zero-order chi connectivity index (χ0) is 13.7. The zero-order valence-electron chi connectivity index (χ0n) is 10.7. The van der Waals surface area contributed by atoms with Crippen LogP contribution in [0.2, 0.25) is 5.02 Å². The Balaban J connectivity index is 2.08. The average molecular weight is 275 g/mol. The van der Waals surface area contributed by atoms with E-state index in [9.17, 15) is 0 Å². The molecule has 0 saturated heterocycles. The highest BCUT2D eigenvalue weighted by molar-refractivity contribution is 6.31. The van der Waals surface area contributed by atoms with Crippen molar-refractivity contribution in [1.82, 2.24) is 4.98 Å². The van der Waals surface area contributed by atoms with E-state index in [0.717, 1.165) is 22.6 Å². The van der Waals surface area contributed by atoms with Crippen molar-refractivity contribution in [2.45, 2.75) is 12.8 Å². The van der Waals surface area contributed by atoms with Gasteiger partial charge in [0, 0.05) is 16.9 Å². The second kappa shape index (κ2) is 6.34. The molecule has 0 aliphatic heterocycles. The zero-order valence-corrected chi connectivity index (χ0v) is 11.4. The Bertz CT molecular complexity index is 584. The number of hydrogen-bond acceptors (Lipinski definition) is 3. The van der Waals surface area contributed by atoms with Crippen LogP contribution in [-0.2, 0) is 6.42 Å². The average Bonchev–Trinajstić information content (AvgIpc) is 2.46. The number of hydrogen-bond donors (Lipinski definition) is 1. The molecule has 19 heavy (non-hydrogen) atoms. The van der Waals surface area contributed by atoms with E-state index in [1.807, 2.05) is 36.4 Å². The van der Waals surface area contributed by atoms with Crippen molar-refractivity contribution in [3.8, 4) is 5.88 Å². The first-order valence-corrected chi connectivity index (χ1v) is 6.40. The van der Waals surface area contributed by atoms with Gasteiger partial charge in [0.2, 0.25) is 5.88 Å². The lowest BCUT2D eigenvalue weighted by Gasteiger charge is -2.09. The Morgan fingerprint density at radius 1 is 1.26 bits per heavy atom. The Labute approximate surface area is 117 Å². The van der Waals surface area contributed by atoms with Crippen LogP contribution in [0, 0.1) is 5.41 Å². The van der Waals surface area contributed by atoms with Crippen molar-refractivity contribution in [2.75, 3.05) is 7.11 Å². The normalized spacial score (nSPS) is 10.2. The Kier molecular flexibility index (Phi) is 4.53. The Morgan fingerprint density at radius 2 is 2.05 bits per heavy atom. The van der Waals surface area contributed by atoms with Crippen LogP contribution in [-0.4, -0.2) is 17.8 Å². The molecule has 1 N–H and O–H groups in total. The maximum atomic E-state index is 8.13. The number of rotatable bonds is 5. The third kappa shape index (κ3) is 3.32. The molecule has 0 saturated carbocycles. The largest absolute Gasteiger partial charge is 0.481 e. The van der Waals surface area contributed by atoms with Crippen LogP contribution in [0.4, 0.5) is 0 Å². The van der Waals surface area contributed by atoms with Crippen molar-refractivity contribution in [3.63, 3.8) is 0 Å². The quantitative estimate of drug-likeness (QED) is 0.844. The molecule has 0 radical (unpaired) electrons. The molecule has 0 bridgehead atoms. The molecular weight excluding hydrogens is 260 g/mol. The highest BCUT2D eigenvalue weighted by Crippen LogP contribution is 2.20. The van der Waals surface area contributed by atoms with E-state index >= 15 is 0 Å². The summed E-state index contributed by atoms with van der Waals surface area (Å²) in [4.78, 5) is 4.10. The molecule has 4 heteroatoms. The van der Waals surface area contributed by atoms with Gasteiger partial charge in [-0.15, -0.1) is 0 Å². The van der Waals surface area contributed by atoms with E-state index in [-0.39, 0.29) is 0 Å². The standard InChI is InChI=1S/C15H15ClN2O/c1-19-15-12(6-4-10-18-15)14(17)9-8-11-5-2-3-7-13(11)16/h2-7,10,17H,8-9H2,1H3. The molecule has 1 heterocycles. The third-order valence-corrected chi connectivity index (χ3v) is 3.26. The number of nitrogens with zero attached hydrogens (tertiary/aromatic N) is 1. The molecule has 0 aliphatic rings. The predicted molar refractivity (Wildman–Crippen MR) is 77.4 cm³/mol. The maximum Gasteiger partial charge on any atom is 0.222 e. The summed E-state index contributed by atoms with van der Waals surface area (Å²) in [7, 11) is 1.56. The molecule has 2 rings (SSSR count). The summed E-state index contributed by atoms with van der Waals surface area (Å²) < 4.78 is 5.16. The number of aromatic nitrogens is 1. The Hall–Kier alpha value is -1.87. The summed E-state index contributed by atoms with van der Waals surface area (Å²) in [6, 6.07) is 11.4. The van der Waals surface area contributed by atoms with Gasteiger partial charge in [-0.05, 0) is 36.6 Å². The molecule has 1 aromatic heterocycles. The van der Waals surface area contributed by atoms with E-state index in [0.29, 0.717) is 18.0 Å². The SMILES string of the molecule is COc1ncccc1C(=N)CCc1ccccc1Cl.